The summed E-state index contributed by atoms with van der Waals surface area (Å²) in [4.78, 5) is 19.3. The van der Waals surface area contributed by atoms with Crippen LogP contribution in [0.15, 0.2) is 36.5 Å². The van der Waals surface area contributed by atoms with E-state index in [-0.39, 0.29) is 12.0 Å². The van der Waals surface area contributed by atoms with Crippen LogP contribution in [-0.2, 0) is 11.2 Å². The lowest BCUT2D eigenvalue weighted by molar-refractivity contribution is 0.0844. The van der Waals surface area contributed by atoms with Gasteiger partial charge in [-0.15, -0.1) is 0 Å². The maximum Gasteiger partial charge on any atom is 0.269 e. The lowest BCUT2D eigenvalue weighted by atomic mass is 9.95. The van der Waals surface area contributed by atoms with Crippen LogP contribution in [-0.4, -0.2) is 29.0 Å². The predicted molar refractivity (Wildman–Crippen MR) is 83.5 cm³/mol. The lowest BCUT2D eigenvalue weighted by Gasteiger charge is -2.19. The quantitative estimate of drug-likeness (QED) is 0.891. The molecule has 2 aromatic rings. The van der Waals surface area contributed by atoms with Crippen molar-refractivity contribution in [2.45, 2.75) is 25.9 Å². The zero-order chi connectivity index (χ0) is 15.4. The molecular formula is C17H21N3O2. The largest absolute Gasteiger partial charge is 0.373 e. The van der Waals surface area contributed by atoms with Crippen molar-refractivity contribution in [1.29, 1.82) is 0 Å². The van der Waals surface area contributed by atoms with Gasteiger partial charge in [0.15, 0.2) is 0 Å². The molecule has 116 valence electrons. The predicted octanol–water partition coefficient (Wildman–Crippen LogP) is 2.48. The van der Waals surface area contributed by atoms with Gasteiger partial charge in [0, 0.05) is 25.5 Å². The van der Waals surface area contributed by atoms with E-state index in [1.165, 1.54) is 5.56 Å². The minimum absolute atomic E-state index is 0.0643. The normalized spacial score (nSPS) is 21.0. The maximum atomic E-state index is 12.2. The summed E-state index contributed by atoms with van der Waals surface area (Å²) in [6.45, 7) is 3.35. The highest BCUT2D eigenvalue weighted by molar-refractivity contribution is 5.92. The van der Waals surface area contributed by atoms with Crippen molar-refractivity contribution in [3.8, 4) is 0 Å². The molecule has 1 aromatic carbocycles. The van der Waals surface area contributed by atoms with E-state index in [4.69, 9.17) is 4.74 Å². The average Bonchev–Trinajstić information content (AvgIpc) is 3.22. The van der Waals surface area contributed by atoms with Gasteiger partial charge in [-0.05, 0) is 12.0 Å². The van der Waals surface area contributed by atoms with E-state index < -0.39 is 0 Å². The van der Waals surface area contributed by atoms with Crippen LogP contribution in [0.5, 0.6) is 0 Å². The molecule has 3 rings (SSSR count). The number of ether oxygens (including phenoxy) is 1. The van der Waals surface area contributed by atoms with Gasteiger partial charge >= 0.3 is 0 Å². The van der Waals surface area contributed by atoms with Crippen molar-refractivity contribution >= 4 is 5.91 Å². The first kappa shape index (κ1) is 14.8. The van der Waals surface area contributed by atoms with Crippen LogP contribution >= 0.6 is 0 Å². The van der Waals surface area contributed by atoms with Crippen LogP contribution in [0, 0.1) is 5.92 Å². The second-order valence-corrected chi connectivity index (χ2v) is 5.56. The molecule has 1 fully saturated rings. The van der Waals surface area contributed by atoms with E-state index in [0.29, 0.717) is 18.2 Å². The van der Waals surface area contributed by atoms with Crippen LogP contribution in [0.4, 0.5) is 0 Å². The summed E-state index contributed by atoms with van der Waals surface area (Å²) >= 11 is 0. The van der Waals surface area contributed by atoms with Gasteiger partial charge in [0.2, 0.25) is 0 Å². The van der Waals surface area contributed by atoms with Gasteiger partial charge in [-0.1, -0.05) is 37.3 Å². The van der Waals surface area contributed by atoms with Crippen molar-refractivity contribution in [2.24, 2.45) is 5.92 Å². The summed E-state index contributed by atoms with van der Waals surface area (Å²) in [6, 6.07) is 10.2. The Morgan fingerprint density at radius 2 is 2.23 bits per heavy atom. The van der Waals surface area contributed by atoms with E-state index in [2.05, 4.69) is 27.4 Å². The molecule has 1 saturated heterocycles. The molecule has 22 heavy (non-hydrogen) atoms. The number of imidazole rings is 1. The van der Waals surface area contributed by atoms with Gasteiger partial charge in [0.25, 0.3) is 5.91 Å². The van der Waals surface area contributed by atoms with Gasteiger partial charge in [-0.2, -0.15) is 0 Å². The Bertz CT molecular complexity index is 624. The highest BCUT2D eigenvalue weighted by Gasteiger charge is 2.29. The summed E-state index contributed by atoms with van der Waals surface area (Å²) in [5.41, 5.74) is 1.70. The third-order valence-electron chi connectivity index (χ3n) is 4.08. The number of aromatic amines is 1. The smallest absolute Gasteiger partial charge is 0.269 e. The Hall–Kier alpha value is -2.14. The van der Waals surface area contributed by atoms with Crippen LogP contribution in [0.3, 0.4) is 0 Å². The number of H-pyrrole nitrogens is 1. The number of hydrogen-bond acceptors (Lipinski definition) is 3. The van der Waals surface area contributed by atoms with E-state index in [1.807, 2.05) is 25.1 Å². The number of hydrogen-bond donors (Lipinski definition) is 2. The fraction of sp³-hybridized carbons (Fsp3) is 0.412. The first-order chi connectivity index (χ1) is 10.8. The third kappa shape index (κ3) is 3.20. The summed E-state index contributed by atoms with van der Waals surface area (Å²) in [6.07, 6.45) is 3.41. The van der Waals surface area contributed by atoms with Crippen molar-refractivity contribution < 1.29 is 9.53 Å². The van der Waals surface area contributed by atoms with Crippen molar-refractivity contribution in [3.05, 3.63) is 53.6 Å². The molecule has 1 aliphatic heterocycles. The first-order valence-electron chi connectivity index (χ1n) is 7.76. The summed E-state index contributed by atoms with van der Waals surface area (Å²) in [7, 11) is 0. The van der Waals surface area contributed by atoms with E-state index >= 15 is 0 Å². The van der Waals surface area contributed by atoms with E-state index in [0.717, 1.165) is 25.3 Å². The fourth-order valence-corrected chi connectivity index (χ4v) is 2.83. The van der Waals surface area contributed by atoms with Crippen molar-refractivity contribution in [2.75, 3.05) is 13.2 Å². The number of nitrogens with one attached hydrogen (secondary N) is 2. The number of benzene rings is 1. The molecule has 2 atom stereocenters. The summed E-state index contributed by atoms with van der Waals surface area (Å²) in [5, 5.41) is 2.99. The van der Waals surface area contributed by atoms with Crippen LogP contribution in [0.2, 0.25) is 0 Å². The SMILES string of the molecule is CCc1ncc(C(=O)NC[C@H]2CCO[C@@H]2c2ccccc2)[nH]1. The summed E-state index contributed by atoms with van der Waals surface area (Å²) in [5.74, 6) is 1.03. The molecule has 0 saturated carbocycles. The molecule has 0 bridgehead atoms. The van der Waals surface area contributed by atoms with Gasteiger partial charge < -0.3 is 15.0 Å². The Balaban J connectivity index is 1.59. The zero-order valence-corrected chi connectivity index (χ0v) is 12.7. The molecule has 0 spiro atoms. The van der Waals surface area contributed by atoms with Crippen molar-refractivity contribution in [1.82, 2.24) is 15.3 Å². The topological polar surface area (TPSA) is 67.0 Å². The number of nitrogens with zero attached hydrogens (tertiary/aromatic N) is 1. The molecule has 2 N–H and O–H groups in total. The first-order valence-corrected chi connectivity index (χ1v) is 7.76. The average molecular weight is 299 g/mol. The highest BCUT2D eigenvalue weighted by Crippen LogP contribution is 2.33. The van der Waals surface area contributed by atoms with E-state index in [1.54, 1.807) is 6.20 Å². The lowest BCUT2D eigenvalue weighted by Crippen LogP contribution is -2.30. The molecule has 0 radical (unpaired) electrons. The van der Waals surface area contributed by atoms with Gasteiger partial charge in [-0.3, -0.25) is 4.79 Å². The molecule has 5 nitrogen and oxygen atoms in total. The third-order valence-corrected chi connectivity index (χ3v) is 4.08. The maximum absolute atomic E-state index is 12.2. The monoisotopic (exact) mass is 299 g/mol. The number of aryl methyl sites for hydroxylation is 1. The number of rotatable bonds is 5. The van der Waals surface area contributed by atoms with Crippen LogP contribution < -0.4 is 5.32 Å². The standard InChI is InChI=1S/C17H21N3O2/c1-2-15-18-11-14(20-15)17(21)19-10-13-8-9-22-16(13)12-6-4-3-5-7-12/h3-7,11,13,16H,2,8-10H2,1H3,(H,18,20)(H,19,21)/t13-,16-/m1/s1. The Morgan fingerprint density at radius 3 is 2.95 bits per heavy atom. The molecule has 1 aliphatic rings. The molecule has 2 heterocycles. The van der Waals surface area contributed by atoms with Crippen LogP contribution in [0.1, 0.15) is 41.3 Å². The van der Waals surface area contributed by atoms with Gasteiger partial charge in [0.05, 0.1) is 12.3 Å². The number of carbonyl (C=O) groups excluding carboxylic acids is 1. The molecule has 1 aromatic heterocycles. The zero-order valence-electron chi connectivity index (χ0n) is 12.7. The highest BCUT2D eigenvalue weighted by atomic mass is 16.5. The number of aromatic nitrogens is 2. The summed E-state index contributed by atoms with van der Waals surface area (Å²) < 4.78 is 5.84. The van der Waals surface area contributed by atoms with E-state index in [9.17, 15) is 4.79 Å². The Morgan fingerprint density at radius 1 is 1.41 bits per heavy atom. The molecule has 0 unspecified atom stereocenters. The second-order valence-electron chi connectivity index (χ2n) is 5.56. The second kappa shape index (κ2) is 6.75. The number of carbonyl (C=O) groups is 1. The molecular weight excluding hydrogens is 278 g/mol. The number of amides is 1. The van der Waals surface area contributed by atoms with Crippen molar-refractivity contribution in [3.63, 3.8) is 0 Å². The van der Waals surface area contributed by atoms with Gasteiger partial charge in [-0.25, -0.2) is 4.98 Å². The molecule has 5 heteroatoms. The van der Waals surface area contributed by atoms with Crippen LogP contribution in [0.25, 0.3) is 0 Å². The molecule has 0 aliphatic carbocycles. The minimum atomic E-state index is -0.106. The minimum Gasteiger partial charge on any atom is -0.373 e. The Kier molecular flexibility index (Phi) is 4.53. The Labute approximate surface area is 130 Å². The van der Waals surface area contributed by atoms with Gasteiger partial charge in [0.1, 0.15) is 11.5 Å². The fourth-order valence-electron chi connectivity index (χ4n) is 2.83. The molecule has 1 amide bonds.